The number of carboxylic acid groups (broad SMARTS) is 1. The summed E-state index contributed by atoms with van der Waals surface area (Å²) < 4.78 is 0. The molecule has 0 radical (unpaired) electrons. The molecule has 130 valence electrons. The van der Waals surface area contributed by atoms with E-state index in [4.69, 9.17) is 17.3 Å². The van der Waals surface area contributed by atoms with Crippen LogP contribution in [0.2, 0.25) is 0 Å². The summed E-state index contributed by atoms with van der Waals surface area (Å²) in [6, 6.07) is 13.1. The van der Waals surface area contributed by atoms with E-state index >= 15 is 0 Å². The molecule has 0 unspecified atom stereocenters. The third kappa shape index (κ3) is 3.38. The molecule has 1 fully saturated rings. The first-order chi connectivity index (χ1) is 12.4. The highest BCUT2D eigenvalue weighted by atomic mass is 32.1. The second kappa shape index (κ2) is 6.89. The number of carbonyl (C=O) groups is 3. The number of carbonyl (C=O) groups excluding carboxylic acids is 2. The minimum Gasteiger partial charge on any atom is -0.478 e. The Morgan fingerprint density at radius 3 is 2.50 bits per heavy atom. The molecule has 1 saturated heterocycles. The van der Waals surface area contributed by atoms with Gasteiger partial charge in [-0.2, -0.15) is 0 Å². The van der Waals surface area contributed by atoms with Crippen molar-refractivity contribution in [3.05, 3.63) is 70.8 Å². The molecule has 0 bridgehead atoms. The fourth-order valence-electron chi connectivity index (χ4n) is 2.50. The van der Waals surface area contributed by atoms with Crippen molar-refractivity contribution in [1.29, 1.82) is 0 Å². The molecule has 0 aliphatic carbocycles. The summed E-state index contributed by atoms with van der Waals surface area (Å²) in [7, 11) is 0. The van der Waals surface area contributed by atoms with Gasteiger partial charge in [0.25, 0.3) is 11.8 Å². The molecule has 0 aromatic heterocycles. The molecule has 2 aromatic carbocycles. The number of anilines is 1. The molecule has 1 aliphatic rings. The van der Waals surface area contributed by atoms with Gasteiger partial charge in [-0.1, -0.05) is 35.9 Å². The fraction of sp³-hybridized carbons (Fsp3) is 0.0526. The van der Waals surface area contributed by atoms with E-state index in [-0.39, 0.29) is 21.9 Å². The normalized spacial score (nSPS) is 16.0. The van der Waals surface area contributed by atoms with Crippen molar-refractivity contribution in [1.82, 2.24) is 5.32 Å². The minimum absolute atomic E-state index is 0.0130. The van der Waals surface area contributed by atoms with Crippen LogP contribution in [0.3, 0.4) is 0 Å². The smallest absolute Gasteiger partial charge is 0.335 e. The number of aryl methyl sites for hydroxylation is 1. The minimum atomic E-state index is -1.12. The molecular formula is C19H14N2O4S. The van der Waals surface area contributed by atoms with Crippen LogP contribution in [0.1, 0.15) is 21.5 Å². The van der Waals surface area contributed by atoms with Gasteiger partial charge in [-0.05, 0) is 49.0 Å². The lowest BCUT2D eigenvalue weighted by atomic mass is 10.1. The number of amides is 2. The summed E-state index contributed by atoms with van der Waals surface area (Å²) in [5, 5.41) is 11.5. The zero-order chi connectivity index (χ0) is 18.8. The van der Waals surface area contributed by atoms with E-state index in [1.54, 1.807) is 18.2 Å². The molecule has 26 heavy (non-hydrogen) atoms. The summed E-state index contributed by atoms with van der Waals surface area (Å²) in [6.45, 7) is 1.94. The topological polar surface area (TPSA) is 86.7 Å². The first kappa shape index (κ1) is 17.5. The first-order valence-electron chi connectivity index (χ1n) is 7.68. The summed E-state index contributed by atoms with van der Waals surface area (Å²) in [5.41, 5.74) is 1.96. The average molecular weight is 366 g/mol. The second-order valence-electron chi connectivity index (χ2n) is 5.72. The molecule has 1 aliphatic heterocycles. The first-order valence-corrected chi connectivity index (χ1v) is 8.09. The summed E-state index contributed by atoms with van der Waals surface area (Å²) >= 11 is 5.11. The monoisotopic (exact) mass is 366 g/mol. The SMILES string of the molecule is Cc1ccc(C=C2C(=O)NC(=S)N(c3cccc(C(=O)O)c3)C2=O)cc1. The van der Waals surface area contributed by atoms with Gasteiger partial charge in [-0.15, -0.1) is 0 Å². The standard InChI is InChI=1S/C19H14N2O4S/c1-11-5-7-12(8-6-11)9-15-16(22)20-19(26)21(17(15)23)14-4-2-3-13(10-14)18(24)25/h2-10H,1H3,(H,24,25)(H,20,22,26). The molecule has 0 atom stereocenters. The zero-order valence-electron chi connectivity index (χ0n) is 13.7. The quantitative estimate of drug-likeness (QED) is 0.495. The van der Waals surface area contributed by atoms with Gasteiger partial charge in [0.1, 0.15) is 5.57 Å². The fourth-order valence-corrected chi connectivity index (χ4v) is 2.78. The number of rotatable bonds is 3. The van der Waals surface area contributed by atoms with Crippen molar-refractivity contribution in [2.75, 3.05) is 4.90 Å². The third-order valence-electron chi connectivity index (χ3n) is 3.84. The van der Waals surface area contributed by atoms with Gasteiger partial charge in [0.15, 0.2) is 5.11 Å². The summed E-state index contributed by atoms with van der Waals surface area (Å²) in [4.78, 5) is 37.4. The van der Waals surface area contributed by atoms with Gasteiger partial charge in [0.2, 0.25) is 0 Å². The third-order valence-corrected chi connectivity index (χ3v) is 4.13. The van der Waals surface area contributed by atoms with Crippen LogP contribution in [0.25, 0.3) is 6.08 Å². The number of aromatic carboxylic acids is 1. The van der Waals surface area contributed by atoms with Crippen LogP contribution in [-0.4, -0.2) is 28.0 Å². The molecule has 2 N–H and O–H groups in total. The maximum absolute atomic E-state index is 12.9. The van der Waals surface area contributed by atoms with E-state index in [0.717, 1.165) is 10.5 Å². The highest BCUT2D eigenvalue weighted by Gasteiger charge is 2.34. The van der Waals surface area contributed by atoms with Crippen LogP contribution in [0.4, 0.5) is 5.69 Å². The molecule has 0 saturated carbocycles. The molecule has 0 spiro atoms. The van der Waals surface area contributed by atoms with Crippen LogP contribution in [-0.2, 0) is 9.59 Å². The predicted octanol–water partition coefficient (Wildman–Crippen LogP) is 2.52. The highest BCUT2D eigenvalue weighted by molar-refractivity contribution is 7.80. The Balaban J connectivity index is 2.02. The van der Waals surface area contributed by atoms with Crippen LogP contribution in [0, 0.1) is 6.92 Å². The lowest BCUT2D eigenvalue weighted by Gasteiger charge is -2.29. The summed E-state index contributed by atoms with van der Waals surface area (Å²) in [5.74, 6) is -2.32. The van der Waals surface area contributed by atoms with Crippen molar-refractivity contribution in [2.24, 2.45) is 0 Å². The van der Waals surface area contributed by atoms with E-state index in [1.165, 1.54) is 24.3 Å². The number of carboxylic acids is 1. The van der Waals surface area contributed by atoms with Gasteiger partial charge < -0.3 is 5.11 Å². The van der Waals surface area contributed by atoms with E-state index in [2.05, 4.69) is 5.32 Å². The van der Waals surface area contributed by atoms with Gasteiger partial charge in [0, 0.05) is 0 Å². The van der Waals surface area contributed by atoms with Crippen LogP contribution in [0.5, 0.6) is 0 Å². The Labute approximate surface area is 154 Å². The van der Waals surface area contributed by atoms with Crippen molar-refractivity contribution in [2.45, 2.75) is 6.92 Å². The van der Waals surface area contributed by atoms with Crippen LogP contribution in [0.15, 0.2) is 54.1 Å². The molecule has 2 aromatic rings. The van der Waals surface area contributed by atoms with Gasteiger partial charge >= 0.3 is 5.97 Å². The van der Waals surface area contributed by atoms with Crippen molar-refractivity contribution >= 4 is 46.9 Å². The maximum atomic E-state index is 12.9. The highest BCUT2D eigenvalue weighted by Crippen LogP contribution is 2.23. The van der Waals surface area contributed by atoms with Crippen molar-refractivity contribution in [3.63, 3.8) is 0 Å². The molecule has 7 heteroatoms. The largest absolute Gasteiger partial charge is 0.478 e. The lowest BCUT2D eigenvalue weighted by Crippen LogP contribution is -2.54. The Morgan fingerprint density at radius 1 is 1.15 bits per heavy atom. The molecule has 6 nitrogen and oxygen atoms in total. The molecule has 3 rings (SSSR count). The summed E-state index contributed by atoms with van der Waals surface area (Å²) in [6.07, 6.45) is 1.48. The molecule has 2 amide bonds. The Hall–Kier alpha value is -3.32. The maximum Gasteiger partial charge on any atom is 0.335 e. The number of thiocarbonyl (C=S) groups is 1. The zero-order valence-corrected chi connectivity index (χ0v) is 14.5. The van der Waals surface area contributed by atoms with Crippen LogP contribution >= 0.6 is 12.2 Å². The Morgan fingerprint density at radius 2 is 1.85 bits per heavy atom. The molecular weight excluding hydrogens is 352 g/mol. The van der Waals surface area contributed by atoms with Crippen molar-refractivity contribution in [3.8, 4) is 0 Å². The number of benzene rings is 2. The van der Waals surface area contributed by atoms with E-state index < -0.39 is 17.8 Å². The number of nitrogens with zero attached hydrogens (tertiary/aromatic N) is 1. The number of hydrogen-bond donors (Lipinski definition) is 2. The van der Waals surface area contributed by atoms with Gasteiger partial charge in [-0.25, -0.2) is 4.79 Å². The lowest BCUT2D eigenvalue weighted by molar-refractivity contribution is -0.122. The molecule has 1 heterocycles. The van der Waals surface area contributed by atoms with Crippen molar-refractivity contribution < 1.29 is 19.5 Å². The number of nitrogens with one attached hydrogen (secondary N) is 1. The Bertz CT molecular complexity index is 964. The Kier molecular flexibility index (Phi) is 4.64. The number of hydrogen-bond acceptors (Lipinski definition) is 4. The van der Waals surface area contributed by atoms with Gasteiger partial charge in [-0.3, -0.25) is 19.8 Å². The second-order valence-corrected chi connectivity index (χ2v) is 6.11. The predicted molar refractivity (Wildman–Crippen MR) is 101 cm³/mol. The van der Waals surface area contributed by atoms with E-state index in [9.17, 15) is 14.4 Å². The average Bonchev–Trinajstić information content (AvgIpc) is 2.60. The van der Waals surface area contributed by atoms with E-state index in [1.807, 2.05) is 19.1 Å². The van der Waals surface area contributed by atoms with Gasteiger partial charge in [0.05, 0.1) is 11.3 Å². The van der Waals surface area contributed by atoms with Crippen LogP contribution < -0.4 is 10.2 Å². The van der Waals surface area contributed by atoms with E-state index in [0.29, 0.717) is 5.56 Å².